The van der Waals surface area contributed by atoms with E-state index >= 15 is 0 Å². The number of ketones is 1. The van der Waals surface area contributed by atoms with Crippen LogP contribution in [0, 0.1) is 0 Å². The SMILES string of the molecule is CCC(=O)c1cccc(C2CCNC(F)C2)c1. The smallest absolute Gasteiger partial charge is 0.162 e. The summed E-state index contributed by atoms with van der Waals surface area (Å²) >= 11 is 0. The summed E-state index contributed by atoms with van der Waals surface area (Å²) in [6, 6.07) is 7.65. The minimum absolute atomic E-state index is 0.151. The number of benzene rings is 1. The van der Waals surface area contributed by atoms with Crippen LogP contribution in [0.15, 0.2) is 24.3 Å². The summed E-state index contributed by atoms with van der Waals surface area (Å²) in [5.41, 5.74) is 1.84. The summed E-state index contributed by atoms with van der Waals surface area (Å²) in [4.78, 5) is 11.6. The van der Waals surface area contributed by atoms with Gasteiger partial charge in [0.2, 0.25) is 0 Å². The van der Waals surface area contributed by atoms with E-state index in [0.717, 1.165) is 17.5 Å². The molecule has 1 aliphatic heterocycles. The highest BCUT2D eigenvalue weighted by Gasteiger charge is 2.22. The monoisotopic (exact) mass is 235 g/mol. The van der Waals surface area contributed by atoms with Crippen LogP contribution in [0.4, 0.5) is 4.39 Å². The third-order valence-electron chi connectivity index (χ3n) is 3.35. The van der Waals surface area contributed by atoms with Crippen LogP contribution in [0.3, 0.4) is 0 Å². The molecule has 0 saturated carbocycles. The zero-order chi connectivity index (χ0) is 12.3. The van der Waals surface area contributed by atoms with Crippen molar-refractivity contribution in [1.82, 2.24) is 5.32 Å². The molecule has 0 radical (unpaired) electrons. The second-order valence-corrected chi connectivity index (χ2v) is 4.55. The molecule has 2 nitrogen and oxygen atoms in total. The van der Waals surface area contributed by atoms with E-state index in [1.165, 1.54) is 0 Å². The molecule has 0 amide bonds. The molecular weight excluding hydrogens is 217 g/mol. The highest BCUT2D eigenvalue weighted by atomic mass is 19.1. The van der Waals surface area contributed by atoms with Gasteiger partial charge in [-0.25, -0.2) is 4.39 Å². The number of hydrogen-bond acceptors (Lipinski definition) is 2. The van der Waals surface area contributed by atoms with Crippen LogP contribution < -0.4 is 5.32 Å². The maximum Gasteiger partial charge on any atom is 0.162 e. The lowest BCUT2D eigenvalue weighted by molar-refractivity contribution is 0.0988. The van der Waals surface area contributed by atoms with Gasteiger partial charge in [-0.2, -0.15) is 0 Å². The van der Waals surface area contributed by atoms with Crippen molar-refractivity contribution in [3.63, 3.8) is 0 Å². The van der Waals surface area contributed by atoms with E-state index in [1.54, 1.807) is 0 Å². The Labute approximate surface area is 101 Å². The Balaban J connectivity index is 2.17. The first-order valence-electron chi connectivity index (χ1n) is 6.21. The third kappa shape index (κ3) is 2.91. The van der Waals surface area contributed by atoms with E-state index in [9.17, 15) is 9.18 Å². The predicted octanol–water partition coefficient (Wildman–Crippen LogP) is 3.04. The molecule has 3 heteroatoms. The van der Waals surface area contributed by atoms with Gasteiger partial charge < -0.3 is 0 Å². The maximum absolute atomic E-state index is 13.3. The van der Waals surface area contributed by atoms with Crippen molar-refractivity contribution < 1.29 is 9.18 Å². The number of carbonyl (C=O) groups is 1. The van der Waals surface area contributed by atoms with Gasteiger partial charge in [-0.3, -0.25) is 10.1 Å². The van der Waals surface area contributed by atoms with E-state index < -0.39 is 6.30 Å². The Kier molecular flexibility index (Phi) is 3.89. The molecular formula is C14H18FNO. The van der Waals surface area contributed by atoms with E-state index in [0.29, 0.717) is 19.4 Å². The highest BCUT2D eigenvalue weighted by molar-refractivity contribution is 5.95. The van der Waals surface area contributed by atoms with Gasteiger partial charge in [0.25, 0.3) is 0 Å². The lowest BCUT2D eigenvalue weighted by Gasteiger charge is -2.26. The Morgan fingerprint density at radius 2 is 2.35 bits per heavy atom. The van der Waals surface area contributed by atoms with Crippen LogP contribution in [-0.4, -0.2) is 18.6 Å². The maximum atomic E-state index is 13.3. The van der Waals surface area contributed by atoms with Gasteiger partial charge >= 0.3 is 0 Å². The van der Waals surface area contributed by atoms with Crippen molar-refractivity contribution in [2.45, 2.75) is 38.4 Å². The topological polar surface area (TPSA) is 29.1 Å². The van der Waals surface area contributed by atoms with E-state index in [-0.39, 0.29) is 11.7 Å². The first kappa shape index (κ1) is 12.2. The normalized spacial score (nSPS) is 24.6. The third-order valence-corrected chi connectivity index (χ3v) is 3.35. The zero-order valence-electron chi connectivity index (χ0n) is 10.1. The average molecular weight is 235 g/mol. The number of Topliss-reactive ketones (excluding diaryl/α,β-unsaturated/α-hetero) is 1. The quantitative estimate of drug-likeness (QED) is 0.644. The van der Waals surface area contributed by atoms with Crippen LogP contribution in [0.5, 0.6) is 0 Å². The lowest BCUT2D eigenvalue weighted by Crippen LogP contribution is -2.33. The van der Waals surface area contributed by atoms with Gasteiger partial charge in [-0.1, -0.05) is 25.1 Å². The van der Waals surface area contributed by atoms with Gasteiger partial charge in [0.15, 0.2) is 12.1 Å². The molecule has 17 heavy (non-hydrogen) atoms. The number of carbonyl (C=O) groups excluding carboxylic acids is 1. The number of nitrogens with one attached hydrogen (secondary N) is 1. The zero-order valence-corrected chi connectivity index (χ0v) is 10.1. The van der Waals surface area contributed by atoms with Gasteiger partial charge in [0.05, 0.1) is 0 Å². The highest BCUT2D eigenvalue weighted by Crippen LogP contribution is 2.28. The molecule has 1 N–H and O–H groups in total. The molecule has 92 valence electrons. The van der Waals surface area contributed by atoms with Crippen LogP contribution in [0.2, 0.25) is 0 Å². The minimum atomic E-state index is -0.917. The van der Waals surface area contributed by atoms with Crippen molar-refractivity contribution in [2.75, 3.05) is 6.54 Å². The van der Waals surface area contributed by atoms with Crippen LogP contribution >= 0.6 is 0 Å². The van der Waals surface area contributed by atoms with Crippen LogP contribution in [0.1, 0.15) is 48.0 Å². The molecule has 0 aliphatic carbocycles. The minimum Gasteiger partial charge on any atom is -0.294 e. The Morgan fingerprint density at radius 3 is 3.06 bits per heavy atom. The largest absolute Gasteiger partial charge is 0.294 e. The Hall–Kier alpha value is -1.22. The summed E-state index contributed by atoms with van der Waals surface area (Å²) < 4.78 is 13.3. The molecule has 1 aliphatic rings. The summed E-state index contributed by atoms with van der Waals surface area (Å²) in [6.07, 6.45) is 1.04. The first-order chi connectivity index (χ1) is 8.20. The molecule has 1 aromatic rings. The average Bonchev–Trinajstić information content (AvgIpc) is 2.38. The predicted molar refractivity (Wildman–Crippen MR) is 65.9 cm³/mol. The van der Waals surface area contributed by atoms with Crippen LogP contribution in [-0.2, 0) is 0 Å². The van der Waals surface area contributed by atoms with Gasteiger partial charge in [0.1, 0.15) is 0 Å². The summed E-state index contributed by atoms with van der Waals surface area (Å²) in [6.45, 7) is 2.56. The Morgan fingerprint density at radius 1 is 1.53 bits per heavy atom. The molecule has 2 rings (SSSR count). The molecule has 1 heterocycles. The van der Waals surface area contributed by atoms with Crippen molar-refractivity contribution in [3.05, 3.63) is 35.4 Å². The molecule has 0 aromatic heterocycles. The number of rotatable bonds is 3. The summed E-state index contributed by atoms with van der Waals surface area (Å²) in [5, 5.41) is 2.80. The summed E-state index contributed by atoms with van der Waals surface area (Å²) in [5.74, 6) is 0.383. The van der Waals surface area contributed by atoms with Gasteiger partial charge in [0, 0.05) is 12.0 Å². The molecule has 1 fully saturated rings. The van der Waals surface area contributed by atoms with E-state index in [1.807, 2.05) is 31.2 Å². The van der Waals surface area contributed by atoms with Gasteiger partial charge in [-0.15, -0.1) is 0 Å². The first-order valence-corrected chi connectivity index (χ1v) is 6.21. The fourth-order valence-corrected chi connectivity index (χ4v) is 2.34. The molecule has 2 atom stereocenters. The fourth-order valence-electron chi connectivity index (χ4n) is 2.34. The number of piperidine rings is 1. The number of hydrogen-bond donors (Lipinski definition) is 1. The number of halogens is 1. The van der Waals surface area contributed by atoms with Gasteiger partial charge in [-0.05, 0) is 36.9 Å². The van der Waals surface area contributed by atoms with Crippen molar-refractivity contribution in [2.24, 2.45) is 0 Å². The number of alkyl halides is 1. The molecule has 1 saturated heterocycles. The Bertz CT molecular complexity index is 405. The molecule has 2 unspecified atom stereocenters. The van der Waals surface area contributed by atoms with E-state index in [4.69, 9.17) is 0 Å². The second kappa shape index (κ2) is 5.41. The van der Waals surface area contributed by atoms with E-state index in [2.05, 4.69) is 5.32 Å². The van der Waals surface area contributed by atoms with Crippen molar-refractivity contribution in [3.8, 4) is 0 Å². The molecule has 0 spiro atoms. The fraction of sp³-hybridized carbons (Fsp3) is 0.500. The lowest BCUT2D eigenvalue weighted by atomic mass is 9.88. The molecule has 0 bridgehead atoms. The second-order valence-electron chi connectivity index (χ2n) is 4.55. The van der Waals surface area contributed by atoms with Crippen LogP contribution in [0.25, 0.3) is 0 Å². The van der Waals surface area contributed by atoms with Crippen molar-refractivity contribution in [1.29, 1.82) is 0 Å². The van der Waals surface area contributed by atoms with Crippen molar-refractivity contribution >= 4 is 5.78 Å². The molecule has 1 aromatic carbocycles. The standard InChI is InChI=1S/C14H18FNO/c1-2-13(17)12-5-3-4-10(8-12)11-6-7-16-14(15)9-11/h3-5,8,11,14,16H,2,6-7,9H2,1H3. The summed E-state index contributed by atoms with van der Waals surface area (Å²) in [7, 11) is 0.